The predicted octanol–water partition coefficient (Wildman–Crippen LogP) is 0.491. The first-order valence-corrected chi connectivity index (χ1v) is 4.49. The fourth-order valence-electron chi connectivity index (χ4n) is 1.40. The van der Waals surface area contributed by atoms with Crippen molar-refractivity contribution in [2.75, 3.05) is 0 Å². The SMILES string of the molecule is Cn1c(-c2ccccc2O)nc(=O)n1C. The molecule has 1 aromatic heterocycles. The fraction of sp³-hybridized carbons (Fsp3) is 0.200. The van der Waals surface area contributed by atoms with Gasteiger partial charge in [0, 0.05) is 14.1 Å². The van der Waals surface area contributed by atoms with Gasteiger partial charge in [-0.05, 0) is 12.1 Å². The normalized spacial score (nSPS) is 10.5. The van der Waals surface area contributed by atoms with E-state index >= 15 is 0 Å². The summed E-state index contributed by atoms with van der Waals surface area (Å²) in [6.45, 7) is 0. The molecule has 0 saturated heterocycles. The molecule has 0 atom stereocenters. The maximum absolute atomic E-state index is 11.3. The van der Waals surface area contributed by atoms with Crippen molar-refractivity contribution in [3.8, 4) is 17.1 Å². The lowest BCUT2D eigenvalue weighted by Crippen LogP contribution is -2.17. The van der Waals surface area contributed by atoms with E-state index in [1.54, 1.807) is 43.0 Å². The van der Waals surface area contributed by atoms with Gasteiger partial charge in [0.15, 0.2) is 5.82 Å². The number of aromatic hydroxyl groups is 1. The van der Waals surface area contributed by atoms with E-state index in [1.165, 1.54) is 4.68 Å². The third-order valence-corrected chi connectivity index (χ3v) is 2.38. The van der Waals surface area contributed by atoms with Crippen LogP contribution in [0.2, 0.25) is 0 Å². The average molecular weight is 205 g/mol. The Kier molecular flexibility index (Phi) is 2.07. The predicted molar refractivity (Wildman–Crippen MR) is 55.5 cm³/mol. The molecule has 5 heteroatoms. The molecular formula is C10H11N3O2. The number of phenolic OH excluding ortho intramolecular Hbond substituents is 1. The summed E-state index contributed by atoms with van der Waals surface area (Å²) in [4.78, 5) is 15.1. The molecule has 0 aliphatic carbocycles. The summed E-state index contributed by atoms with van der Waals surface area (Å²) in [5.41, 5.74) is 0.216. The van der Waals surface area contributed by atoms with E-state index in [-0.39, 0.29) is 11.4 Å². The number of para-hydroxylation sites is 1. The van der Waals surface area contributed by atoms with Crippen LogP contribution in [0.15, 0.2) is 29.1 Å². The molecule has 0 amide bonds. The summed E-state index contributed by atoms with van der Waals surface area (Å²) < 4.78 is 2.97. The molecule has 0 aliphatic heterocycles. The molecule has 0 unspecified atom stereocenters. The van der Waals surface area contributed by atoms with E-state index in [4.69, 9.17) is 0 Å². The van der Waals surface area contributed by atoms with Crippen LogP contribution in [0.4, 0.5) is 0 Å². The van der Waals surface area contributed by atoms with Crippen molar-refractivity contribution >= 4 is 0 Å². The number of hydrogen-bond donors (Lipinski definition) is 1. The first-order valence-electron chi connectivity index (χ1n) is 4.49. The van der Waals surface area contributed by atoms with E-state index in [0.29, 0.717) is 11.4 Å². The second-order valence-electron chi connectivity index (χ2n) is 3.28. The van der Waals surface area contributed by atoms with Crippen molar-refractivity contribution in [2.45, 2.75) is 0 Å². The highest BCUT2D eigenvalue weighted by molar-refractivity contribution is 5.63. The van der Waals surface area contributed by atoms with Crippen molar-refractivity contribution in [1.29, 1.82) is 0 Å². The maximum Gasteiger partial charge on any atom is 0.364 e. The molecule has 0 saturated carbocycles. The molecule has 0 spiro atoms. The molecule has 0 bridgehead atoms. The van der Waals surface area contributed by atoms with Gasteiger partial charge in [0.1, 0.15) is 5.75 Å². The fourth-order valence-corrected chi connectivity index (χ4v) is 1.40. The smallest absolute Gasteiger partial charge is 0.364 e. The quantitative estimate of drug-likeness (QED) is 0.737. The van der Waals surface area contributed by atoms with Gasteiger partial charge in [-0.2, -0.15) is 4.98 Å². The average Bonchev–Trinajstić information content (AvgIpc) is 2.47. The Balaban J connectivity index is 2.70. The van der Waals surface area contributed by atoms with E-state index in [1.807, 2.05) is 0 Å². The summed E-state index contributed by atoms with van der Waals surface area (Å²) in [6, 6.07) is 6.79. The Morgan fingerprint density at radius 3 is 2.40 bits per heavy atom. The Hall–Kier alpha value is -2.04. The Morgan fingerprint density at radius 2 is 1.87 bits per heavy atom. The summed E-state index contributed by atoms with van der Waals surface area (Å²) >= 11 is 0. The molecule has 2 aromatic rings. The van der Waals surface area contributed by atoms with Crippen molar-refractivity contribution in [3.63, 3.8) is 0 Å². The number of benzene rings is 1. The van der Waals surface area contributed by atoms with Crippen LogP contribution in [0.5, 0.6) is 5.75 Å². The van der Waals surface area contributed by atoms with Gasteiger partial charge in [0.25, 0.3) is 0 Å². The van der Waals surface area contributed by atoms with Gasteiger partial charge >= 0.3 is 5.69 Å². The monoisotopic (exact) mass is 205 g/mol. The number of hydrogen-bond acceptors (Lipinski definition) is 3. The molecule has 0 aliphatic rings. The lowest BCUT2D eigenvalue weighted by atomic mass is 10.2. The van der Waals surface area contributed by atoms with Gasteiger partial charge in [0.2, 0.25) is 0 Å². The van der Waals surface area contributed by atoms with Gasteiger partial charge < -0.3 is 5.11 Å². The van der Waals surface area contributed by atoms with E-state index < -0.39 is 0 Å². The van der Waals surface area contributed by atoms with Crippen LogP contribution in [-0.4, -0.2) is 19.5 Å². The van der Waals surface area contributed by atoms with Crippen molar-refractivity contribution in [1.82, 2.24) is 14.3 Å². The molecule has 5 nitrogen and oxygen atoms in total. The van der Waals surface area contributed by atoms with Gasteiger partial charge in [-0.3, -0.25) is 4.68 Å². The topological polar surface area (TPSA) is 60.0 Å². The number of phenols is 1. The minimum absolute atomic E-state index is 0.117. The minimum atomic E-state index is -0.337. The van der Waals surface area contributed by atoms with Crippen LogP contribution in [-0.2, 0) is 14.1 Å². The molecule has 1 heterocycles. The van der Waals surface area contributed by atoms with Gasteiger partial charge in [-0.25, -0.2) is 9.48 Å². The zero-order valence-electron chi connectivity index (χ0n) is 8.51. The molecule has 0 fully saturated rings. The van der Waals surface area contributed by atoms with Crippen LogP contribution in [0.25, 0.3) is 11.4 Å². The van der Waals surface area contributed by atoms with Crippen LogP contribution in [0.1, 0.15) is 0 Å². The van der Waals surface area contributed by atoms with Gasteiger partial charge in [-0.1, -0.05) is 12.1 Å². The second-order valence-corrected chi connectivity index (χ2v) is 3.28. The molecule has 2 rings (SSSR count). The highest BCUT2D eigenvalue weighted by Gasteiger charge is 2.11. The second kappa shape index (κ2) is 3.27. The third kappa shape index (κ3) is 1.41. The number of rotatable bonds is 1. The highest BCUT2D eigenvalue weighted by Crippen LogP contribution is 2.25. The summed E-state index contributed by atoms with van der Waals surface area (Å²) in [6.07, 6.45) is 0. The Morgan fingerprint density at radius 1 is 1.20 bits per heavy atom. The van der Waals surface area contributed by atoms with Crippen LogP contribution < -0.4 is 5.69 Å². The largest absolute Gasteiger partial charge is 0.507 e. The first kappa shape index (κ1) is 9.51. The van der Waals surface area contributed by atoms with Crippen molar-refractivity contribution < 1.29 is 5.11 Å². The Labute approximate surface area is 86.2 Å². The maximum atomic E-state index is 11.3. The van der Waals surface area contributed by atoms with Crippen LogP contribution >= 0.6 is 0 Å². The molecular weight excluding hydrogens is 194 g/mol. The zero-order valence-corrected chi connectivity index (χ0v) is 8.51. The highest BCUT2D eigenvalue weighted by atomic mass is 16.3. The molecule has 1 N–H and O–H groups in total. The standard InChI is InChI=1S/C10H11N3O2/c1-12-9(11-10(15)13(12)2)7-5-3-4-6-8(7)14/h3-6,14H,1-2H3. The van der Waals surface area contributed by atoms with E-state index in [9.17, 15) is 9.90 Å². The van der Waals surface area contributed by atoms with Crippen molar-refractivity contribution in [3.05, 3.63) is 34.7 Å². The molecule has 1 aromatic carbocycles. The van der Waals surface area contributed by atoms with E-state index in [0.717, 1.165) is 0 Å². The third-order valence-electron chi connectivity index (χ3n) is 2.38. The van der Waals surface area contributed by atoms with Crippen LogP contribution in [0, 0.1) is 0 Å². The van der Waals surface area contributed by atoms with Crippen molar-refractivity contribution in [2.24, 2.45) is 14.1 Å². The van der Waals surface area contributed by atoms with Crippen LogP contribution in [0.3, 0.4) is 0 Å². The minimum Gasteiger partial charge on any atom is -0.507 e. The van der Waals surface area contributed by atoms with E-state index in [2.05, 4.69) is 4.98 Å². The lowest BCUT2D eigenvalue weighted by Gasteiger charge is -2.04. The number of nitrogens with zero attached hydrogens (tertiary/aromatic N) is 3. The zero-order chi connectivity index (χ0) is 11.0. The summed E-state index contributed by atoms with van der Waals surface area (Å²) in [5.74, 6) is 0.576. The molecule has 78 valence electrons. The first-order chi connectivity index (χ1) is 7.11. The lowest BCUT2D eigenvalue weighted by molar-refractivity contribution is 0.476. The summed E-state index contributed by atoms with van der Waals surface area (Å²) in [5, 5.41) is 9.62. The Bertz CT molecular complexity index is 554. The summed E-state index contributed by atoms with van der Waals surface area (Å²) in [7, 11) is 3.34. The molecule has 15 heavy (non-hydrogen) atoms. The number of aromatic nitrogens is 3. The van der Waals surface area contributed by atoms with Gasteiger partial charge in [0.05, 0.1) is 5.56 Å². The molecule has 0 radical (unpaired) electrons. The van der Waals surface area contributed by atoms with Gasteiger partial charge in [-0.15, -0.1) is 0 Å².